The molecule has 0 rings (SSSR count). The maximum atomic E-state index is 12.7. The van der Waals surface area contributed by atoms with E-state index in [2.05, 4.69) is 13.8 Å². The van der Waals surface area contributed by atoms with Crippen LogP contribution in [-0.2, 0) is 23.8 Å². The van der Waals surface area contributed by atoms with Gasteiger partial charge in [0.05, 0.1) is 13.2 Å². The Morgan fingerprint density at radius 1 is 0.750 bits per heavy atom. The molecule has 1 unspecified atom stereocenters. The van der Waals surface area contributed by atoms with Crippen LogP contribution < -0.4 is 0 Å². The SMILES string of the molecule is CCCCCCCCCOC(=O)C(CC)(CC)C(=O)OCCC(C)CCOC. The molecule has 28 heavy (non-hydrogen) atoms. The minimum Gasteiger partial charge on any atom is -0.465 e. The van der Waals surface area contributed by atoms with Gasteiger partial charge in [0.1, 0.15) is 0 Å². The second-order valence-corrected chi connectivity index (χ2v) is 7.86. The highest BCUT2D eigenvalue weighted by atomic mass is 16.6. The maximum absolute atomic E-state index is 12.7. The number of esters is 2. The summed E-state index contributed by atoms with van der Waals surface area (Å²) in [6.45, 7) is 9.43. The summed E-state index contributed by atoms with van der Waals surface area (Å²) in [5.74, 6) is -0.461. The molecule has 0 bridgehead atoms. The van der Waals surface area contributed by atoms with Gasteiger partial charge >= 0.3 is 11.9 Å². The Balaban J connectivity index is 4.31. The van der Waals surface area contributed by atoms with E-state index in [9.17, 15) is 9.59 Å². The number of ether oxygens (including phenoxy) is 3. The van der Waals surface area contributed by atoms with E-state index < -0.39 is 17.4 Å². The van der Waals surface area contributed by atoms with Crippen molar-refractivity contribution in [3.8, 4) is 0 Å². The third-order valence-corrected chi connectivity index (χ3v) is 5.63. The molecule has 5 heteroatoms. The van der Waals surface area contributed by atoms with Crippen molar-refractivity contribution in [2.75, 3.05) is 26.9 Å². The molecule has 0 saturated heterocycles. The topological polar surface area (TPSA) is 61.8 Å². The van der Waals surface area contributed by atoms with E-state index in [0.717, 1.165) is 25.7 Å². The van der Waals surface area contributed by atoms with Gasteiger partial charge in [-0.15, -0.1) is 0 Å². The van der Waals surface area contributed by atoms with Crippen LogP contribution in [0.25, 0.3) is 0 Å². The Hall–Kier alpha value is -1.10. The number of hydrogen-bond acceptors (Lipinski definition) is 5. The Morgan fingerprint density at radius 3 is 1.79 bits per heavy atom. The summed E-state index contributed by atoms with van der Waals surface area (Å²) < 4.78 is 16.0. The standard InChI is InChI=1S/C23H44O5/c1-6-9-10-11-12-13-14-17-27-21(24)23(7-2,8-3)22(25)28-19-16-20(4)15-18-26-5/h20H,6-19H2,1-5H3. The smallest absolute Gasteiger partial charge is 0.323 e. The molecule has 0 fully saturated rings. The average molecular weight is 401 g/mol. The second-order valence-electron chi connectivity index (χ2n) is 7.86. The van der Waals surface area contributed by atoms with E-state index in [0.29, 0.717) is 38.6 Å². The van der Waals surface area contributed by atoms with Crippen molar-refractivity contribution in [2.24, 2.45) is 11.3 Å². The molecule has 0 saturated carbocycles. The number of rotatable bonds is 18. The summed E-state index contributed by atoms with van der Waals surface area (Å²) in [4.78, 5) is 25.3. The van der Waals surface area contributed by atoms with E-state index in [1.165, 1.54) is 32.1 Å². The summed E-state index contributed by atoms with van der Waals surface area (Å²) in [7, 11) is 1.68. The fourth-order valence-corrected chi connectivity index (χ4v) is 3.23. The Bertz CT molecular complexity index is 404. The fraction of sp³-hybridized carbons (Fsp3) is 0.913. The molecule has 1 atom stereocenters. The molecular formula is C23H44O5. The van der Waals surface area contributed by atoms with E-state index in [1.54, 1.807) is 7.11 Å². The van der Waals surface area contributed by atoms with E-state index in [1.807, 2.05) is 13.8 Å². The third kappa shape index (κ3) is 10.4. The van der Waals surface area contributed by atoms with Crippen LogP contribution in [0.4, 0.5) is 0 Å². The molecule has 0 aliphatic heterocycles. The highest BCUT2D eigenvalue weighted by Crippen LogP contribution is 2.30. The molecule has 0 aromatic heterocycles. The van der Waals surface area contributed by atoms with Gasteiger partial charge in [0.15, 0.2) is 5.41 Å². The van der Waals surface area contributed by atoms with Crippen molar-refractivity contribution in [1.82, 2.24) is 0 Å². The molecule has 0 spiro atoms. The number of methoxy groups -OCH3 is 1. The zero-order valence-corrected chi connectivity index (χ0v) is 19.0. The van der Waals surface area contributed by atoms with Gasteiger partial charge in [-0.3, -0.25) is 9.59 Å². The van der Waals surface area contributed by atoms with E-state index >= 15 is 0 Å². The summed E-state index contributed by atoms with van der Waals surface area (Å²) >= 11 is 0. The van der Waals surface area contributed by atoms with Crippen LogP contribution in [0, 0.1) is 11.3 Å². The fourth-order valence-electron chi connectivity index (χ4n) is 3.23. The molecule has 0 heterocycles. The molecule has 0 amide bonds. The van der Waals surface area contributed by atoms with Gasteiger partial charge in [0.2, 0.25) is 0 Å². The van der Waals surface area contributed by atoms with Crippen LogP contribution in [0.1, 0.15) is 98.3 Å². The normalized spacial score (nSPS) is 12.6. The van der Waals surface area contributed by atoms with Gasteiger partial charge in [0.25, 0.3) is 0 Å². The first-order valence-corrected chi connectivity index (χ1v) is 11.3. The van der Waals surface area contributed by atoms with Crippen molar-refractivity contribution in [3.63, 3.8) is 0 Å². The lowest BCUT2D eigenvalue weighted by atomic mass is 9.82. The summed E-state index contributed by atoms with van der Waals surface area (Å²) in [5, 5.41) is 0. The summed E-state index contributed by atoms with van der Waals surface area (Å²) in [5.41, 5.74) is -1.17. The van der Waals surface area contributed by atoms with Crippen LogP contribution in [0.15, 0.2) is 0 Å². The largest absolute Gasteiger partial charge is 0.465 e. The minimum absolute atomic E-state index is 0.330. The van der Waals surface area contributed by atoms with Crippen molar-refractivity contribution in [2.45, 2.75) is 98.3 Å². The molecule has 166 valence electrons. The molecule has 0 aliphatic carbocycles. The van der Waals surface area contributed by atoms with Crippen LogP contribution in [0.2, 0.25) is 0 Å². The molecule has 0 N–H and O–H groups in total. The highest BCUT2D eigenvalue weighted by molar-refractivity contribution is 5.99. The maximum Gasteiger partial charge on any atom is 0.323 e. The predicted octanol–water partition coefficient (Wildman–Crippen LogP) is 5.69. The van der Waals surface area contributed by atoms with E-state index in [4.69, 9.17) is 14.2 Å². The van der Waals surface area contributed by atoms with Crippen molar-refractivity contribution in [1.29, 1.82) is 0 Å². The van der Waals surface area contributed by atoms with Gasteiger partial charge in [-0.2, -0.15) is 0 Å². The molecule has 0 radical (unpaired) electrons. The van der Waals surface area contributed by atoms with Gasteiger partial charge < -0.3 is 14.2 Å². The van der Waals surface area contributed by atoms with Crippen molar-refractivity contribution < 1.29 is 23.8 Å². The molecule has 0 aromatic carbocycles. The van der Waals surface area contributed by atoms with Crippen LogP contribution in [0.5, 0.6) is 0 Å². The number of carbonyl (C=O) groups is 2. The minimum atomic E-state index is -1.17. The van der Waals surface area contributed by atoms with Crippen LogP contribution >= 0.6 is 0 Å². The van der Waals surface area contributed by atoms with Crippen molar-refractivity contribution >= 4 is 11.9 Å². The zero-order chi connectivity index (χ0) is 21.3. The second kappa shape index (κ2) is 16.8. The monoisotopic (exact) mass is 400 g/mol. The van der Waals surface area contributed by atoms with Crippen molar-refractivity contribution in [3.05, 3.63) is 0 Å². The Labute approximate surface area is 172 Å². The first-order valence-electron chi connectivity index (χ1n) is 11.3. The molecule has 0 aliphatic rings. The van der Waals surface area contributed by atoms with Gasteiger partial charge in [-0.25, -0.2) is 0 Å². The number of hydrogen-bond donors (Lipinski definition) is 0. The lowest BCUT2D eigenvalue weighted by Crippen LogP contribution is -2.41. The highest BCUT2D eigenvalue weighted by Gasteiger charge is 2.45. The van der Waals surface area contributed by atoms with Gasteiger partial charge in [-0.05, 0) is 38.0 Å². The summed E-state index contributed by atoms with van der Waals surface area (Å²) in [6.07, 6.45) is 10.6. The zero-order valence-electron chi connectivity index (χ0n) is 19.0. The molecular weight excluding hydrogens is 356 g/mol. The predicted molar refractivity (Wildman–Crippen MR) is 113 cm³/mol. The lowest BCUT2D eigenvalue weighted by molar-refractivity contribution is -0.173. The van der Waals surface area contributed by atoms with Crippen LogP contribution in [-0.4, -0.2) is 38.9 Å². The van der Waals surface area contributed by atoms with Gasteiger partial charge in [0, 0.05) is 13.7 Å². The number of carbonyl (C=O) groups excluding carboxylic acids is 2. The first kappa shape index (κ1) is 26.9. The molecule has 5 nitrogen and oxygen atoms in total. The number of unbranched alkanes of at least 4 members (excludes halogenated alkanes) is 6. The van der Waals surface area contributed by atoms with Crippen LogP contribution in [0.3, 0.4) is 0 Å². The lowest BCUT2D eigenvalue weighted by Gasteiger charge is -2.27. The van der Waals surface area contributed by atoms with E-state index in [-0.39, 0.29) is 0 Å². The average Bonchev–Trinajstić information content (AvgIpc) is 2.69. The summed E-state index contributed by atoms with van der Waals surface area (Å²) in [6, 6.07) is 0. The molecule has 0 aromatic rings. The first-order chi connectivity index (χ1) is 13.5. The quantitative estimate of drug-likeness (QED) is 0.168. The Morgan fingerprint density at radius 2 is 1.25 bits per heavy atom. The third-order valence-electron chi connectivity index (χ3n) is 5.63. The Kier molecular flexibility index (Phi) is 16.2. The van der Waals surface area contributed by atoms with Gasteiger partial charge in [-0.1, -0.05) is 66.2 Å².